The fourth-order valence-corrected chi connectivity index (χ4v) is 3.46. The van der Waals surface area contributed by atoms with Crippen molar-refractivity contribution in [2.24, 2.45) is 0 Å². The fraction of sp³-hybridized carbons (Fsp3) is 0.263. The van der Waals surface area contributed by atoms with Gasteiger partial charge in [0.2, 0.25) is 0 Å². The maximum atomic E-state index is 13.0. The number of hydrogen-bond acceptors (Lipinski definition) is 2. The van der Waals surface area contributed by atoms with E-state index in [2.05, 4.69) is 9.97 Å². The number of para-hydroxylation sites is 1. The SMILES string of the molecule is Cc1[nH]c2ccccc2c1C(=O)N1CCN(C(=O)c2cc[nH]c2)CC1. The summed E-state index contributed by atoms with van der Waals surface area (Å²) >= 11 is 0. The van der Waals surface area contributed by atoms with E-state index in [0.29, 0.717) is 31.7 Å². The molecular weight excluding hydrogens is 316 g/mol. The molecule has 1 fully saturated rings. The molecule has 3 aromatic rings. The smallest absolute Gasteiger partial charge is 0.256 e. The van der Waals surface area contributed by atoms with Crippen LogP contribution in [-0.2, 0) is 0 Å². The highest BCUT2D eigenvalue weighted by atomic mass is 16.2. The van der Waals surface area contributed by atoms with Crippen molar-refractivity contribution in [1.82, 2.24) is 19.8 Å². The Morgan fingerprint density at radius 3 is 2.32 bits per heavy atom. The third kappa shape index (κ3) is 2.69. The predicted octanol–water partition coefficient (Wildman–Crippen LogP) is 2.40. The van der Waals surface area contributed by atoms with E-state index < -0.39 is 0 Å². The highest BCUT2D eigenvalue weighted by Crippen LogP contribution is 2.24. The van der Waals surface area contributed by atoms with E-state index in [1.54, 1.807) is 23.4 Å². The second-order valence-corrected chi connectivity index (χ2v) is 6.35. The highest BCUT2D eigenvalue weighted by Gasteiger charge is 2.27. The average Bonchev–Trinajstić information content (AvgIpc) is 3.27. The van der Waals surface area contributed by atoms with Crippen molar-refractivity contribution in [1.29, 1.82) is 0 Å². The van der Waals surface area contributed by atoms with Gasteiger partial charge in [-0.2, -0.15) is 0 Å². The summed E-state index contributed by atoms with van der Waals surface area (Å²) in [6.45, 7) is 4.13. The molecule has 0 spiro atoms. The summed E-state index contributed by atoms with van der Waals surface area (Å²) < 4.78 is 0. The van der Waals surface area contributed by atoms with Gasteiger partial charge >= 0.3 is 0 Å². The van der Waals surface area contributed by atoms with Crippen LogP contribution in [0.25, 0.3) is 10.9 Å². The maximum Gasteiger partial charge on any atom is 0.256 e. The molecular formula is C19H20N4O2. The molecule has 1 aliphatic heterocycles. The van der Waals surface area contributed by atoms with Crippen molar-refractivity contribution in [3.63, 3.8) is 0 Å². The molecule has 2 amide bonds. The van der Waals surface area contributed by atoms with E-state index in [1.807, 2.05) is 36.1 Å². The molecule has 6 heteroatoms. The number of H-pyrrole nitrogens is 2. The second kappa shape index (κ2) is 6.12. The number of fused-ring (bicyclic) bond motifs is 1. The maximum absolute atomic E-state index is 13.0. The van der Waals surface area contributed by atoms with Gasteiger partial charge in [0.15, 0.2) is 0 Å². The first-order chi connectivity index (χ1) is 12.1. The van der Waals surface area contributed by atoms with Gasteiger partial charge in [-0.05, 0) is 19.1 Å². The van der Waals surface area contributed by atoms with Gasteiger partial charge in [0.25, 0.3) is 11.8 Å². The molecule has 25 heavy (non-hydrogen) atoms. The molecule has 0 radical (unpaired) electrons. The summed E-state index contributed by atoms with van der Waals surface area (Å²) in [5.41, 5.74) is 3.26. The van der Waals surface area contributed by atoms with E-state index in [4.69, 9.17) is 0 Å². The van der Waals surface area contributed by atoms with Gasteiger partial charge in [-0.3, -0.25) is 9.59 Å². The van der Waals surface area contributed by atoms with Gasteiger partial charge < -0.3 is 19.8 Å². The molecule has 1 aliphatic rings. The van der Waals surface area contributed by atoms with Crippen LogP contribution in [0.5, 0.6) is 0 Å². The van der Waals surface area contributed by atoms with Crippen LogP contribution in [0.2, 0.25) is 0 Å². The molecule has 0 bridgehead atoms. The Morgan fingerprint density at radius 1 is 0.960 bits per heavy atom. The van der Waals surface area contributed by atoms with Crippen LogP contribution in [0.4, 0.5) is 0 Å². The monoisotopic (exact) mass is 336 g/mol. The Kier molecular flexibility index (Phi) is 3.80. The Hall–Kier alpha value is -3.02. The number of carbonyl (C=O) groups excluding carboxylic acids is 2. The number of piperazine rings is 1. The normalized spacial score (nSPS) is 14.9. The number of rotatable bonds is 2. The van der Waals surface area contributed by atoms with Gasteiger partial charge in [0.1, 0.15) is 0 Å². The van der Waals surface area contributed by atoms with Crippen molar-refractivity contribution < 1.29 is 9.59 Å². The van der Waals surface area contributed by atoms with Crippen LogP contribution >= 0.6 is 0 Å². The first-order valence-corrected chi connectivity index (χ1v) is 8.44. The second-order valence-electron chi connectivity index (χ2n) is 6.35. The summed E-state index contributed by atoms with van der Waals surface area (Å²) in [7, 11) is 0. The van der Waals surface area contributed by atoms with Gasteiger partial charge in [-0.25, -0.2) is 0 Å². The number of amides is 2. The van der Waals surface area contributed by atoms with Crippen LogP contribution in [0.15, 0.2) is 42.7 Å². The van der Waals surface area contributed by atoms with Crippen molar-refractivity contribution in [2.45, 2.75) is 6.92 Å². The minimum absolute atomic E-state index is 0.0108. The molecule has 128 valence electrons. The highest BCUT2D eigenvalue weighted by molar-refractivity contribution is 6.08. The lowest BCUT2D eigenvalue weighted by Crippen LogP contribution is -2.50. The zero-order valence-corrected chi connectivity index (χ0v) is 14.1. The fourth-order valence-electron chi connectivity index (χ4n) is 3.46. The number of benzene rings is 1. The van der Waals surface area contributed by atoms with Gasteiger partial charge in [-0.15, -0.1) is 0 Å². The Balaban J connectivity index is 1.50. The van der Waals surface area contributed by atoms with E-state index >= 15 is 0 Å². The number of aromatic nitrogens is 2. The molecule has 4 rings (SSSR count). The summed E-state index contributed by atoms with van der Waals surface area (Å²) in [5.74, 6) is 0.0420. The van der Waals surface area contributed by atoms with Gasteiger partial charge in [0, 0.05) is 55.2 Å². The molecule has 1 saturated heterocycles. The quantitative estimate of drug-likeness (QED) is 0.754. The van der Waals surface area contributed by atoms with Crippen LogP contribution in [0, 0.1) is 6.92 Å². The summed E-state index contributed by atoms with van der Waals surface area (Å²) in [6, 6.07) is 9.62. The first kappa shape index (κ1) is 15.5. The minimum Gasteiger partial charge on any atom is -0.367 e. The molecule has 2 aromatic heterocycles. The lowest BCUT2D eigenvalue weighted by Gasteiger charge is -2.34. The van der Waals surface area contributed by atoms with Crippen molar-refractivity contribution >= 4 is 22.7 Å². The van der Waals surface area contributed by atoms with Crippen LogP contribution in [0.1, 0.15) is 26.4 Å². The molecule has 0 aliphatic carbocycles. The zero-order valence-electron chi connectivity index (χ0n) is 14.1. The Bertz CT molecular complexity index is 918. The number of carbonyl (C=O) groups is 2. The number of aryl methyl sites for hydroxylation is 1. The number of nitrogens with zero attached hydrogens (tertiary/aromatic N) is 2. The Morgan fingerprint density at radius 2 is 1.64 bits per heavy atom. The molecule has 0 atom stereocenters. The number of nitrogens with one attached hydrogen (secondary N) is 2. The van der Waals surface area contributed by atoms with Crippen molar-refractivity contribution in [3.05, 3.63) is 59.5 Å². The van der Waals surface area contributed by atoms with Crippen LogP contribution < -0.4 is 0 Å². The lowest BCUT2D eigenvalue weighted by molar-refractivity contribution is 0.0536. The van der Waals surface area contributed by atoms with Crippen molar-refractivity contribution in [3.8, 4) is 0 Å². The summed E-state index contributed by atoms with van der Waals surface area (Å²) in [5, 5.41) is 0.954. The molecule has 0 unspecified atom stereocenters. The molecule has 3 heterocycles. The minimum atomic E-state index is 0.0108. The van der Waals surface area contributed by atoms with E-state index in [9.17, 15) is 9.59 Å². The topological polar surface area (TPSA) is 72.2 Å². The van der Waals surface area contributed by atoms with Crippen molar-refractivity contribution in [2.75, 3.05) is 26.2 Å². The average molecular weight is 336 g/mol. The standard InChI is InChI=1S/C19H20N4O2/c1-13-17(15-4-2-3-5-16(15)21-13)19(25)23-10-8-22(9-11-23)18(24)14-6-7-20-12-14/h2-7,12,20-21H,8-11H2,1H3. The van der Waals surface area contributed by atoms with Crippen LogP contribution in [0.3, 0.4) is 0 Å². The summed E-state index contributed by atoms with van der Waals surface area (Å²) in [4.78, 5) is 35.2. The predicted molar refractivity (Wildman–Crippen MR) is 95.6 cm³/mol. The van der Waals surface area contributed by atoms with Crippen LogP contribution in [-0.4, -0.2) is 57.8 Å². The van der Waals surface area contributed by atoms with E-state index in [1.165, 1.54) is 0 Å². The number of hydrogen-bond donors (Lipinski definition) is 2. The number of aromatic amines is 2. The summed E-state index contributed by atoms with van der Waals surface area (Å²) in [6.07, 6.45) is 3.45. The molecule has 6 nitrogen and oxygen atoms in total. The lowest BCUT2D eigenvalue weighted by atomic mass is 10.1. The van der Waals surface area contributed by atoms with E-state index in [-0.39, 0.29) is 11.8 Å². The van der Waals surface area contributed by atoms with Gasteiger partial charge in [-0.1, -0.05) is 18.2 Å². The van der Waals surface area contributed by atoms with E-state index in [0.717, 1.165) is 22.2 Å². The zero-order chi connectivity index (χ0) is 17.4. The third-order valence-corrected chi connectivity index (χ3v) is 4.81. The largest absolute Gasteiger partial charge is 0.367 e. The first-order valence-electron chi connectivity index (χ1n) is 8.44. The Labute approximate surface area is 145 Å². The van der Waals surface area contributed by atoms with Gasteiger partial charge in [0.05, 0.1) is 11.1 Å². The molecule has 1 aromatic carbocycles. The molecule has 0 saturated carbocycles. The third-order valence-electron chi connectivity index (χ3n) is 4.81. The molecule has 2 N–H and O–H groups in total.